The molecule has 116 valence electrons. The Morgan fingerprint density at radius 3 is 2.68 bits per heavy atom. The van der Waals surface area contributed by atoms with Gasteiger partial charge in [0.25, 0.3) is 5.56 Å². The first-order valence-corrected chi connectivity index (χ1v) is 7.70. The molecule has 0 saturated heterocycles. The van der Waals surface area contributed by atoms with Crippen molar-refractivity contribution < 1.29 is 0 Å². The van der Waals surface area contributed by atoms with Crippen LogP contribution in [0.4, 0.5) is 0 Å². The molecule has 0 aliphatic carbocycles. The Morgan fingerprint density at radius 2 is 1.95 bits per heavy atom. The molecule has 0 unspecified atom stereocenters. The third-order valence-corrected chi connectivity index (χ3v) is 3.59. The number of nitrogens with zero attached hydrogens (tertiary/aromatic N) is 2. The van der Waals surface area contributed by atoms with Gasteiger partial charge in [0.05, 0.1) is 5.69 Å². The van der Waals surface area contributed by atoms with Crippen LogP contribution < -0.4 is 16.2 Å². The van der Waals surface area contributed by atoms with Crippen molar-refractivity contribution in [2.45, 2.75) is 19.4 Å². The van der Waals surface area contributed by atoms with Crippen LogP contribution in [-0.4, -0.2) is 28.5 Å². The van der Waals surface area contributed by atoms with Gasteiger partial charge in [0.2, 0.25) is 0 Å². The van der Waals surface area contributed by atoms with E-state index < -0.39 is 0 Å². The molecule has 0 aliphatic rings. The Kier molecular flexibility index (Phi) is 6.09. The Balaban J connectivity index is 1.94. The van der Waals surface area contributed by atoms with E-state index in [1.54, 1.807) is 19.2 Å². The molecule has 2 aromatic rings. The van der Waals surface area contributed by atoms with Crippen LogP contribution in [0.2, 0.25) is 0 Å². The fourth-order valence-electron chi connectivity index (χ4n) is 2.05. The molecular weight excluding hydrogens is 296 g/mol. The molecule has 22 heavy (non-hydrogen) atoms. The van der Waals surface area contributed by atoms with Gasteiger partial charge >= 0.3 is 0 Å². The quantitative estimate of drug-likeness (QED) is 0.628. The van der Waals surface area contributed by atoms with Gasteiger partial charge in [-0.1, -0.05) is 30.3 Å². The summed E-state index contributed by atoms with van der Waals surface area (Å²) in [6.45, 7) is 1.39. The summed E-state index contributed by atoms with van der Waals surface area (Å²) < 4.78 is 1.53. The predicted molar refractivity (Wildman–Crippen MR) is 92.8 cm³/mol. The van der Waals surface area contributed by atoms with Crippen molar-refractivity contribution in [2.75, 3.05) is 13.6 Å². The summed E-state index contributed by atoms with van der Waals surface area (Å²) in [7, 11) is 1.79. The van der Waals surface area contributed by atoms with E-state index in [1.165, 1.54) is 4.68 Å². The van der Waals surface area contributed by atoms with Crippen molar-refractivity contribution in [3.05, 3.63) is 52.8 Å². The van der Waals surface area contributed by atoms with Crippen LogP contribution in [-0.2, 0) is 6.54 Å². The number of aryl methyl sites for hydroxylation is 1. The number of hydrogen-bond donors (Lipinski definition) is 2. The number of nitrogens with one attached hydrogen (secondary N) is 2. The van der Waals surface area contributed by atoms with Gasteiger partial charge in [0.1, 0.15) is 0 Å². The van der Waals surface area contributed by atoms with Crippen LogP contribution in [0.15, 0.2) is 47.3 Å². The van der Waals surface area contributed by atoms with Crippen molar-refractivity contribution >= 4 is 17.3 Å². The van der Waals surface area contributed by atoms with Gasteiger partial charge < -0.3 is 10.6 Å². The molecule has 0 atom stereocenters. The summed E-state index contributed by atoms with van der Waals surface area (Å²) in [5.74, 6) is 0. The highest BCUT2D eigenvalue weighted by Gasteiger charge is 2.03. The van der Waals surface area contributed by atoms with E-state index in [0.717, 1.165) is 30.6 Å². The van der Waals surface area contributed by atoms with Crippen LogP contribution in [0.1, 0.15) is 12.8 Å². The van der Waals surface area contributed by atoms with E-state index in [-0.39, 0.29) is 5.56 Å². The van der Waals surface area contributed by atoms with Crippen LogP contribution >= 0.6 is 12.2 Å². The van der Waals surface area contributed by atoms with E-state index in [9.17, 15) is 4.79 Å². The molecule has 1 aromatic heterocycles. The molecule has 1 aromatic carbocycles. The number of unbranched alkanes of at least 4 members (excludes halogenated alkanes) is 1. The van der Waals surface area contributed by atoms with E-state index >= 15 is 0 Å². The average Bonchev–Trinajstić information content (AvgIpc) is 2.56. The smallest absolute Gasteiger partial charge is 0.266 e. The van der Waals surface area contributed by atoms with Gasteiger partial charge in [-0.15, -0.1) is 0 Å². The summed E-state index contributed by atoms with van der Waals surface area (Å²) in [6.07, 6.45) is 1.79. The predicted octanol–water partition coefficient (Wildman–Crippen LogP) is 1.78. The zero-order valence-electron chi connectivity index (χ0n) is 12.6. The van der Waals surface area contributed by atoms with Crippen LogP contribution in [0, 0.1) is 0 Å². The second kappa shape index (κ2) is 8.29. The largest absolute Gasteiger partial charge is 0.366 e. The number of rotatable bonds is 6. The number of hydrogen-bond acceptors (Lipinski definition) is 3. The molecular formula is C16H20N4OS. The van der Waals surface area contributed by atoms with Gasteiger partial charge in [-0.3, -0.25) is 4.79 Å². The topological polar surface area (TPSA) is 58.9 Å². The molecule has 0 radical (unpaired) electrons. The third-order valence-electron chi connectivity index (χ3n) is 3.25. The van der Waals surface area contributed by atoms with Crippen LogP contribution in [0.3, 0.4) is 0 Å². The van der Waals surface area contributed by atoms with Gasteiger partial charge in [0, 0.05) is 31.8 Å². The molecule has 2 N–H and O–H groups in total. The van der Waals surface area contributed by atoms with Crippen molar-refractivity contribution in [3.63, 3.8) is 0 Å². The standard InChI is InChI=1S/C16H20N4OS/c1-17-16(22)18-11-5-6-12-20-15(21)10-9-14(19-20)13-7-3-2-4-8-13/h2-4,7-10H,5-6,11-12H2,1H3,(H2,17,18,22). The van der Waals surface area contributed by atoms with Crippen molar-refractivity contribution in [2.24, 2.45) is 0 Å². The fourth-order valence-corrected chi connectivity index (χ4v) is 2.15. The average molecular weight is 316 g/mol. The Morgan fingerprint density at radius 1 is 1.18 bits per heavy atom. The molecule has 2 rings (SSSR count). The molecule has 0 bridgehead atoms. The SMILES string of the molecule is CNC(=S)NCCCCn1nc(-c2ccccc2)ccc1=O. The Bertz CT molecular complexity index is 669. The molecule has 0 aliphatic heterocycles. The minimum atomic E-state index is -0.0709. The maximum absolute atomic E-state index is 11.9. The summed E-state index contributed by atoms with van der Waals surface area (Å²) in [5.41, 5.74) is 1.75. The second-order valence-electron chi connectivity index (χ2n) is 4.86. The lowest BCUT2D eigenvalue weighted by atomic mass is 10.1. The maximum atomic E-state index is 11.9. The highest BCUT2D eigenvalue weighted by Crippen LogP contribution is 2.13. The molecule has 0 spiro atoms. The lowest BCUT2D eigenvalue weighted by Crippen LogP contribution is -2.33. The van der Waals surface area contributed by atoms with Crippen molar-refractivity contribution in [1.82, 2.24) is 20.4 Å². The number of benzene rings is 1. The summed E-state index contributed by atoms with van der Waals surface area (Å²) in [6, 6.07) is 13.2. The first-order valence-electron chi connectivity index (χ1n) is 7.30. The highest BCUT2D eigenvalue weighted by atomic mass is 32.1. The first-order chi connectivity index (χ1) is 10.7. The zero-order chi connectivity index (χ0) is 15.8. The van der Waals surface area contributed by atoms with Crippen LogP contribution in [0.25, 0.3) is 11.3 Å². The normalized spacial score (nSPS) is 10.2. The Labute approximate surface area is 135 Å². The van der Waals surface area contributed by atoms with Crippen molar-refractivity contribution in [3.8, 4) is 11.3 Å². The van der Waals surface area contributed by atoms with Crippen molar-refractivity contribution in [1.29, 1.82) is 0 Å². The van der Waals surface area contributed by atoms with Gasteiger partial charge in [-0.05, 0) is 31.1 Å². The lowest BCUT2D eigenvalue weighted by Gasteiger charge is -2.08. The highest BCUT2D eigenvalue weighted by molar-refractivity contribution is 7.80. The lowest BCUT2D eigenvalue weighted by molar-refractivity contribution is 0.531. The van der Waals surface area contributed by atoms with Gasteiger partial charge in [-0.25, -0.2) is 4.68 Å². The van der Waals surface area contributed by atoms with Crippen LogP contribution in [0.5, 0.6) is 0 Å². The molecule has 6 heteroatoms. The van der Waals surface area contributed by atoms with E-state index in [2.05, 4.69) is 15.7 Å². The first kappa shape index (κ1) is 16.2. The molecule has 0 amide bonds. The maximum Gasteiger partial charge on any atom is 0.266 e. The summed E-state index contributed by atoms with van der Waals surface area (Å²) >= 11 is 5.00. The summed E-state index contributed by atoms with van der Waals surface area (Å²) in [4.78, 5) is 11.9. The van der Waals surface area contributed by atoms with Gasteiger partial charge in [0.15, 0.2) is 5.11 Å². The van der Waals surface area contributed by atoms with Gasteiger partial charge in [-0.2, -0.15) is 5.10 Å². The van der Waals surface area contributed by atoms with E-state index in [1.807, 2.05) is 30.3 Å². The minimum Gasteiger partial charge on any atom is -0.366 e. The minimum absolute atomic E-state index is 0.0709. The molecule has 0 saturated carbocycles. The fraction of sp³-hybridized carbons (Fsp3) is 0.312. The van der Waals surface area contributed by atoms with E-state index in [0.29, 0.717) is 11.7 Å². The summed E-state index contributed by atoms with van der Waals surface area (Å²) in [5, 5.41) is 11.0. The zero-order valence-corrected chi connectivity index (χ0v) is 13.4. The second-order valence-corrected chi connectivity index (χ2v) is 5.27. The molecule has 0 fully saturated rings. The molecule has 5 nitrogen and oxygen atoms in total. The number of thiocarbonyl (C=S) groups is 1. The van der Waals surface area contributed by atoms with E-state index in [4.69, 9.17) is 12.2 Å². The molecule has 1 heterocycles. The monoisotopic (exact) mass is 316 g/mol. The third kappa shape index (κ3) is 4.66. The Hall–Kier alpha value is -2.21. The number of aromatic nitrogens is 2.